The van der Waals surface area contributed by atoms with E-state index < -0.39 is 0 Å². The molecule has 0 saturated heterocycles. The molecule has 0 aliphatic heterocycles. The summed E-state index contributed by atoms with van der Waals surface area (Å²) in [5, 5.41) is 2.76. The number of hydrogen-bond donors (Lipinski definition) is 2. The molecule has 0 bridgehead atoms. The van der Waals surface area contributed by atoms with E-state index in [9.17, 15) is 4.79 Å². The van der Waals surface area contributed by atoms with Crippen LogP contribution >= 0.6 is 0 Å². The Labute approximate surface area is 92.9 Å². The van der Waals surface area contributed by atoms with Gasteiger partial charge in [0.2, 0.25) is 0 Å². The largest absolute Gasteiger partial charge is 0.459 e. The van der Waals surface area contributed by atoms with Gasteiger partial charge in [0.25, 0.3) is 5.91 Å². The Kier molecular flexibility index (Phi) is 3.05. The van der Waals surface area contributed by atoms with Gasteiger partial charge in [-0.3, -0.25) is 4.79 Å². The Balaban J connectivity index is 1.78. The second-order valence-corrected chi connectivity index (χ2v) is 3.48. The van der Waals surface area contributed by atoms with Crippen LogP contribution < -0.4 is 5.32 Å². The SMILES string of the molecule is Cc1ncc(CCNC(=O)c2ccco2)[nH]1. The first-order valence-corrected chi connectivity index (χ1v) is 5.08. The lowest BCUT2D eigenvalue weighted by Crippen LogP contribution is -2.25. The van der Waals surface area contributed by atoms with Gasteiger partial charge in [0, 0.05) is 24.9 Å². The third-order valence-electron chi connectivity index (χ3n) is 2.18. The number of nitrogens with one attached hydrogen (secondary N) is 2. The summed E-state index contributed by atoms with van der Waals surface area (Å²) in [6.45, 7) is 2.45. The number of imidazole rings is 1. The van der Waals surface area contributed by atoms with E-state index >= 15 is 0 Å². The van der Waals surface area contributed by atoms with E-state index in [2.05, 4.69) is 15.3 Å². The molecule has 2 aromatic rings. The second kappa shape index (κ2) is 4.65. The summed E-state index contributed by atoms with van der Waals surface area (Å²) in [6, 6.07) is 3.32. The summed E-state index contributed by atoms with van der Waals surface area (Å²) < 4.78 is 4.97. The molecule has 0 radical (unpaired) electrons. The molecule has 0 aliphatic rings. The van der Waals surface area contributed by atoms with Crippen molar-refractivity contribution in [2.75, 3.05) is 6.54 Å². The van der Waals surface area contributed by atoms with E-state index in [0.29, 0.717) is 12.3 Å². The lowest BCUT2D eigenvalue weighted by Gasteiger charge is -2.01. The van der Waals surface area contributed by atoms with Gasteiger partial charge in [-0.15, -0.1) is 0 Å². The van der Waals surface area contributed by atoms with Crippen molar-refractivity contribution in [3.05, 3.63) is 41.9 Å². The third kappa shape index (κ3) is 2.50. The highest BCUT2D eigenvalue weighted by Crippen LogP contribution is 2.00. The van der Waals surface area contributed by atoms with E-state index in [1.165, 1.54) is 6.26 Å². The highest BCUT2D eigenvalue weighted by molar-refractivity contribution is 5.91. The normalized spacial score (nSPS) is 10.3. The molecule has 84 valence electrons. The summed E-state index contributed by atoms with van der Waals surface area (Å²) in [7, 11) is 0. The number of nitrogens with zero attached hydrogens (tertiary/aromatic N) is 1. The van der Waals surface area contributed by atoms with Gasteiger partial charge in [0.15, 0.2) is 5.76 Å². The van der Waals surface area contributed by atoms with Crippen LogP contribution in [-0.4, -0.2) is 22.4 Å². The molecule has 0 atom stereocenters. The van der Waals surface area contributed by atoms with Crippen LogP contribution in [0.5, 0.6) is 0 Å². The molecule has 5 heteroatoms. The van der Waals surface area contributed by atoms with Crippen LogP contribution in [0, 0.1) is 6.92 Å². The number of aryl methyl sites for hydroxylation is 1. The molecule has 5 nitrogen and oxygen atoms in total. The zero-order valence-corrected chi connectivity index (χ0v) is 8.99. The zero-order valence-electron chi connectivity index (χ0n) is 8.99. The Morgan fingerprint density at radius 2 is 2.50 bits per heavy atom. The maximum absolute atomic E-state index is 11.5. The fraction of sp³-hybridized carbons (Fsp3) is 0.273. The average molecular weight is 219 g/mol. The molecular weight excluding hydrogens is 206 g/mol. The predicted octanol–water partition coefficient (Wildman–Crippen LogP) is 1.28. The minimum Gasteiger partial charge on any atom is -0.459 e. The highest BCUT2D eigenvalue weighted by atomic mass is 16.3. The molecule has 0 aromatic carbocycles. The average Bonchev–Trinajstić information content (AvgIpc) is 2.89. The number of carbonyl (C=O) groups is 1. The third-order valence-corrected chi connectivity index (χ3v) is 2.18. The first-order valence-electron chi connectivity index (χ1n) is 5.08. The van der Waals surface area contributed by atoms with Crippen molar-refractivity contribution in [1.29, 1.82) is 0 Å². The smallest absolute Gasteiger partial charge is 0.286 e. The molecule has 0 fully saturated rings. The quantitative estimate of drug-likeness (QED) is 0.813. The molecule has 2 N–H and O–H groups in total. The number of hydrogen-bond acceptors (Lipinski definition) is 3. The van der Waals surface area contributed by atoms with Crippen LogP contribution in [0.3, 0.4) is 0 Å². The van der Waals surface area contributed by atoms with E-state index in [1.807, 2.05) is 6.92 Å². The fourth-order valence-electron chi connectivity index (χ4n) is 1.40. The first-order chi connectivity index (χ1) is 7.75. The molecule has 2 rings (SSSR count). The van der Waals surface area contributed by atoms with E-state index in [1.54, 1.807) is 18.3 Å². The molecule has 0 aliphatic carbocycles. The number of H-pyrrole nitrogens is 1. The predicted molar refractivity (Wildman–Crippen MR) is 58.1 cm³/mol. The lowest BCUT2D eigenvalue weighted by atomic mass is 10.3. The van der Waals surface area contributed by atoms with Gasteiger partial charge in [0.05, 0.1) is 6.26 Å². The summed E-state index contributed by atoms with van der Waals surface area (Å²) in [5.74, 6) is 1.02. The number of aromatic nitrogens is 2. The summed E-state index contributed by atoms with van der Waals surface area (Å²) in [4.78, 5) is 18.6. The first kappa shape index (κ1) is 10.5. The van der Waals surface area contributed by atoms with E-state index in [4.69, 9.17) is 4.42 Å². The number of furan rings is 1. The molecule has 2 aromatic heterocycles. The topological polar surface area (TPSA) is 70.9 Å². The van der Waals surface area contributed by atoms with E-state index in [0.717, 1.165) is 17.9 Å². The second-order valence-electron chi connectivity index (χ2n) is 3.48. The van der Waals surface area contributed by atoms with Gasteiger partial charge >= 0.3 is 0 Å². The summed E-state index contributed by atoms with van der Waals surface area (Å²) >= 11 is 0. The minimum atomic E-state index is -0.193. The maximum Gasteiger partial charge on any atom is 0.286 e. The van der Waals surface area contributed by atoms with Gasteiger partial charge in [0.1, 0.15) is 5.82 Å². The monoisotopic (exact) mass is 219 g/mol. The minimum absolute atomic E-state index is 0.193. The van der Waals surface area contributed by atoms with Gasteiger partial charge in [-0.2, -0.15) is 0 Å². The molecular formula is C11H13N3O2. The summed E-state index contributed by atoms with van der Waals surface area (Å²) in [5.41, 5.74) is 1.01. The number of aromatic amines is 1. The Morgan fingerprint density at radius 1 is 1.62 bits per heavy atom. The number of carbonyl (C=O) groups excluding carboxylic acids is 1. The van der Waals surface area contributed by atoms with E-state index in [-0.39, 0.29) is 5.91 Å². The van der Waals surface area contributed by atoms with Gasteiger partial charge in [-0.1, -0.05) is 0 Å². The molecule has 2 heterocycles. The van der Waals surface area contributed by atoms with Gasteiger partial charge in [-0.05, 0) is 19.1 Å². The van der Waals surface area contributed by atoms with Crippen LogP contribution in [0.2, 0.25) is 0 Å². The van der Waals surface area contributed by atoms with Crippen molar-refractivity contribution in [3.63, 3.8) is 0 Å². The van der Waals surface area contributed by atoms with Gasteiger partial charge < -0.3 is 14.7 Å². The maximum atomic E-state index is 11.5. The molecule has 0 spiro atoms. The van der Waals surface area contributed by atoms with Crippen LogP contribution in [0.1, 0.15) is 22.1 Å². The molecule has 1 amide bonds. The molecule has 0 unspecified atom stereocenters. The van der Waals surface area contributed by atoms with Crippen LogP contribution in [0.25, 0.3) is 0 Å². The summed E-state index contributed by atoms with van der Waals surface area (Å²) in [6.07, 6.45) is 3.98. The number of rotatable bonds is 4. The van der Waals surface area contributed by atoms with Crippen molar-refractivity contribution < 1.29 is 9.21 Å². The van der Waals surface area contributed by atoms with Crippen molar-refractivity contribution in [3.8, 4) is 0 Å². The van der Waals surface area contributed by atoms with Crippen molar-refractivity contribution in [1.82, 2.24) is 15.3 Å². The Hall–Kier alpha value is -2.04. The number of amides is 1. The Bertz CT molecular complexity index is 459. The standard InChI is InChI=1S/C11H13N3O2/c1-8-13-7-9(14-8)4-5-12-11(15)10-3-2-6-16-10/h2-3,6-7H,4-5H2,1H3,(H,12,15)(H,13,14). The molecule has 16 heavy (non-hydrogen) atoms. The zero-order chi connectivity index (χ0) is 11.4. The van der Waals surface area contributed by atoms with Crippen LogP contribution in [-0.2, 0) is 6.42 Å². The Morgan fingerprint density at radius 3 is 3.12 bits per heavy atom. The van der Waals surface area contributed by atoms with Crippen molar-refractivity contribution >= 4 is 5.91 Å². The van der Waals surface area contributed by atoms with Crippen molar-refractivity contribution in [2.45, 2.75) is 13.3 Å². The lowest BCUT2D eigenvalue weighted by molar-refractivity contribution is 0.0926. The van der Waals surface area contributed by atoms with Gasteiger partial charge in [-0.25, -0.2) is 4.98 Å². The van der Waals surface area contributed by atoms with Crippen LogP contribution in [0.4, 0.5) is 0 Å². The van der Waals surface area contributed by atoms with Crippen molar-refractivity contribution in [2.24, 2.45) is 0 Å². The van der Waals surface area contributed by atoms with Crippen LogP contribution in [0.15, 0.2) is 29.0 Å². The fourth-order valence-corrected chi connectivity index (χ4v) is 1.40. The molecule has 0 saturated carbocycles. The highest BCUT2D eigenvalue weighted by Gasteiger charge is 2.07.